The van der Waals surface area contributed by atoms with Gasteiger partial charge in [0.15, 0.2) is 5.96 Å². The maximum Gasteiger partial charge on any atom is 0.194 e. The average molecular weight is 487 g/mol. The zero-order chi connectivity index (χ0) is 17.6. The van der Waals surface area contributed by atoms with Crippen LogP contribution in [0.25, 0.3) is 0 Å². The van der Waals surface area contributed by atoms with Gasteiger partial charge in [-0.2, -0.15) is 0 Å². The Balaban J connectivity index is 0.00000243. The quantitative estimate of drug-likeness (QED) is 0.411. The van der Waals surface area contributed by atoms with E-state index in [0.29, 0.717) is 6.54 Å². The molecule has 0 saturated carbocycles. The Kier molecular flexibility index (Phi) is 7.89. The number of rotatable bonds is 3. The number of aromatic nitrogens is 2. The third-order valence-corrected chi connectivity index (χ3v) is 4.46. The Morgan fingerprint density at radius 1 is 1.23 bits per heavy atom. The van der Waals surface area contributed by atoms with E-state index in [1.165, 1.54) is 5.69 Å². The Bertz CT molecular complexity index is 746. The summed E-state index contributed by atoms with van der Waals surface area (Å²) in [5.74, 6) is 1.69. The molecule has 1 aromatic heterocycles. The van der Waals surface area contributed by atoms with Crippen LogP contribution in [0.4, 0.5) is 5.69 Å². The molecule has 0 aliphatic carbocycles. The normalized spacial score (nSPS) is 14.8. The van der Waals surface area contributed by atoms with Crippen molar-refractivity contribution in [3.05, 3.63) is 53.1 Å². The van der Waals surface area contributed by atoms with E-state index in [2.05, 4.69) is 36.1 Å². The van der Waals surface area contributed by atoms with Gasteiger partial charge < -0.3 is 15.1 Å². The van der Waals surface area contributed by atoms with E-state index in [-0.39, 0.29) is 24.0 Å². The van der Waals surface area contributed by atoms with E-state index < -0.39 is 0 Å². The van der Waals surface area contributed by atoms with Crippen molar-refractivity contribution in [1.82, 2.24) is 20.2 Å². The first kappa shape index (κ1) is 20.7. The molecule has 2 aromatic rings. The van der Waals surface area contributed by atoms with Crippen LogP contribution in [0, 0.1) is 6.92 Å². The van der Waals surface area contributed by atoms with Crippen molar-refractivity contribution in [2.75, 3.05) is 38.1 Å². The van der Waals surface area contributed by atoms with Crippen LogP contribution >= 0.6 is 35.6 Å². The number of hydrogen-bond donors (Lipinski definition) is 1. The molecule has 0 radical (unpaired) electrons. The van der Waals surface area contributed by atoms with Crippen LogP contribution < -0.4 is 10.2 Å². The number of anilines is 1. The monoisotopic (exact) mass is 486 g/mol. The highest BCUT2D eigenvalue weighted by atomic mass is 127. The fraction of sp³-hybridized carbons (Fsp3) is 0.389. The van der Waals surface area contributed by atoms with Gasteiger partial charge in [0, 0.05) is 50.1 Å². The van der Waals surface area contributed by atoms with Gasteiger partial charge in [-0.3, -0.25) is 4.99 Å². The highest BCUT2D eigenvalue weighted by molar-refractivity contribution is 14.0. The van der Waals surface area contributed by atoms with Gasteiger partial charge in [-0.1, -0.05) is 17.7 Å². The van der Waals surface area contributed by atoms with Crippen molar-refractivity contribution in [2.45, 2.75) is 13.5 Å². The molecule has 1 N–H and O–H groups in total. The van der Waals surface area contributed by atoms with Gasteiger partial charge in [-0.25, -0.2) is 9.97 Å². The van der Waals surface area contributed by atoms with E-state index in [9.17, 15) is 0 Å². The van der Waals surface area contributed by atoms with Crippen LogP contribution in [0.1, 0.15) is 11.5 Å². The zero-order valence-electron chi connectivity index (χ0n) is 15.0. The third-order valence-electron chi connectivity index (χ3n) is 4.23. The lowest BCUT2D eigenvalue weighted by molar-refractivity contribution is 0.372. The summed E-state index contributed by atoms with van der Waals surface area (Å²) in [4.78, 5) is 17.6. The molecule has 1 fully saturated rings. The maximum absolute atomic E-state index is 6.10. The minimum Gasteiger partial charge on any atom is -0.368 e. The minimum atomic E-state index is 0. The summed E-state index contributed by atoms with van der Waals surface area (Å²) in [5.41, 5.74) is 2.14. The molecule has 8 heteroatoms. The van der Waals surface area contributed by atoms with Gasteiger partial charge in [-0.05, 0) is 31.2 Å². The number of guanidine groups is 1. The van der Waals surface area contributed by atoms with E-state index >= 15 is 0 Å². The highest BCUT2D eigenvalue weighted by Crippen LogP contribution is 2.20. The lowest BCUT2D eigenvalue weighted by atomic mass is 10.2. The summed E-state index contributed by atoms with van der Waals surface area (Å²) < 4.78 is 0. The lowest BCUT2D eigenvalue weighted by Gasteiger charge is -2.37. The number of piperazine rings is 1. The van der Waals surface area contributed by atoms with Crippen molar-refractivity contribution >= 4 is 47.2 Å². The molecule has 140 valence electrons. The van der Waals surface area contributed by atoms with E-state index in [0.717, 1.165) is 48.7 Å². The third kappa shape index (κ3) is 5.44. The molecule has 0 amide bonds. The number of nitrogens with zero attached hydrogens (tertiary/aromatic N) is 5. The summed E-state index contributed by atoms with van der Waals surface area (Å²) in [5, 5.41) is 4.17. The minimum absolute atomic E-state index is 0. The zero-order valence-corrected chi connectivity index (χ0v) is 18.1. The molecule has 0 unspecified atom stereocenters. The van der Waals surface area contributed by atoms with Crippen molar-refractivity contribution in [3.8, 4) is 0 Å². The topological polar surface area (TPSA) is 56.7 Å². The summed E-state index contributed by atoms with van der Waals surface area (Å²) >= 11 is 6.10. The fourth-order valence-corrected chi connectivity index (χ4v) is 3.14. The average Bonchev–Trinajstić information content (AvgIpc) is 2.63. The second kappa shape index (κ2) is 9.91. The molecular weight excluding hydrogens is 463 g/mol. The Morgan fingerprint density at radius 2 is 2.00 bits per heavy atom. The molecule has 1 aromatic carbocycles. The number of benzene rings is 1. The first-order valence-electron chi connectivity index (χ1n) is 8.40. The van der Waals surface area contributed by atoms with Gasteiger partial charge in [0.05, 0.1) is 12.2 Å². The predicted octanol–water partition coefficient (Wildman–Crippen LogP) is 2.95. The van der Waals surface area contributed by atoms with Gasteiger partial charge in [0.2, 0.25) is 0 Å². The Hall–Kier alpha value is -1.61. The molecule has 2 heterocycles. The predicted molar refractivity (Wildman–Crippen MR) is 118 cm³/mol. The molecule has 0 bridgehead atoms. The first-order valence-corrected chi connectivity index (χ1v) is 8.78. The van der Waals surface area contributed by atoms with E-state index in [1.54, 1.807) is 6.20 Å². The molecule has 6 nitrogen and oxygen atoms in total. The number of nitrogens with one attached hydrogen (secondary N) is 1. The van der Waals surface area contributed by atoms with Crippen molar-refractivity contribution in [1.29, 1.82) is 0 Å². The number of aliphatic imine (C=N–C) groups is 1. The highest BCUT2D eigenvalue weighted by Gasteiger charge is 2.20. The lowest BCUT2D eigenvalue weighted by Crippen LogP contribution is -2.52. The molecular formula is C18H24ClIN6. The van der Waals surface area contributed by atoms with Crippen molar-refractivity contribution < 1.29 is 0 Å². The standard InChI is InChI=1S/C18H23ClN6.HI/c1-14-21-7-6-16(23-14)13-22-18(20-2)25-10-8-24(9-11-25)17-5-3-4-15(19)12-17;/h3-7,12H,8-11,13H2,1-2H3,(H,20,22);1H. The largest absolute Gasteiger partial charge is 0.368 e. The molecule has 3 rings (SSSR count). The van der Waals surface area contributed by atoms with Crippen LogP contribution in [0.2, 0.25) is 5.02 Å². The van der Waals surface area contributed by atoms with Gasteiger partial charge in [0.1, 0.15) is 5.82 Å². The molecule has 1 aliphatic rings. The molecule has 26 heavy (non-hydrogen) atoms. The van der Waals surface area contributed by atoms with Crippen LogP contribution in [-0.4, -0.2) is 54.1 Å². The van der Waals surface area contributed by atoms with Crippen LogP contribution in [-0.2, 0) is 6.54 Å². The summed E-state index contributed by atoms with van der Waals surface area (Å²) in [6.07, 6.45) is 1.78. The van der Waals surface area contributed by atoms with Crippen molar-refractivity contribution in [3.63, 3.8) is 0 Å². The summed E-state index contributed by atoms with van der Waals surface area (Å²) in [6, 6.07) is 9.94. The Morgan fingerprint density at radius 3 is 2.65 bits per heavy atom. The van der Waals surface area contributed by atoms with Gasteiger partial charge in [-0.15, -0.1) is 24.0 Å². The summed E-state index contributed by atoms with van der Waals surface area (Å²) in [6.45, 7) is 6.24. The van der Waals surface area contributed by atoms with Gasteiger partial charge in [0.25, 0.3) is 0 Å². The second-order valence-corrected chi connectivity index (χ2v) is 6.39. The van der Waals surface area contributed by atoms with Gasteiger partial charge >= 0.3 is 0 Å². The molecule has 0 atom stereocenters. The molecule has 0 spiro atoms. The first-order chi connectivity index (χ1) is 12.2. The van der Waals surface area contributed by atoms with E-state index in [4.69, 9.17) is 11.6 Å². The maximum atomic E-state index is 6.10. The fourth-order valence-electron chi connectivity index (χ4n) is 2.95. The number of halogens is 2. The van der Waals surface area contributed by atoms with Crippen LogP contribution in [0.3, 0.4) is 0 Å². The van der Waals surface area contributed by atoms with Crippen LogP contribution in [0.5, 0.6) is 0 Å². The smallest absolute Gasteiger partial charge is 0.194 e. The summed E-state index contributed by atoms with van der Waals surface area (Å²) in [7, 11) is 1.82. The molecule has 1 saturated heterocycles. The van der Waals surface area contributed by atoms with E-state index in [1.807, 2.05) is 38.2 Å². The SMILES string of the molecule is CN=C(NCc1ccnc(C)n1)N1CCN(c2cccc(Cl)c2)CC1.I. The Labute approximate surface area is 176 Å². The second-order valence-electron chi connectivity index (χ2n) is 5.95. The van der Waals surface area contributed by atoms with Crippen molar-refractivity contribution in [2.24, 2.45) is 4.99 Å². The van der Waals surface area contributed by atoms with Crippen LogP contribution in [0.15, 0.2) is 41.5 Å². The molecule has 1 aliphatic heterocycles. The number of hydrogen-bond acceptors (Lipinski definition) is 4. The number of aryl methyl sites for hydroxylation is 1.